The van der Waals surface area contributed by atoms with Crippen LogP contribution in [-0.2, 0) is 9.16 Å². The van der Waals surface area contributed by atoms with Gasteiger partial charge in [0.05, 0.1) is 31.0 Å². The molecule has 0 bridgehead atoms. The predicted octanol–water partition coefficient (Wildman–Crippen LogP) is 5.63. The van der Waals surface area contributed by atoms with Gasteiger partial charge in [0.25, 0.3) is 8.32 Å². The molecule has 0 radical (unpaired) electrons. The summed E-state index contributed by atoms with van der Waals surface area (Å²) in [6, 6.07) is 28.1. The summed E-state index contributed by atoms with van der Waals surface area (Å²) >= 11 is 6.72. The number of fused-ring (bicyclic) bond motifs is 1. The molecule has 6 nitrogen and oxygen atoms in total. The lowest BCUT2D eigenvalue weighted by Crippen LogP contribution is -2.71. The molecule has 6 rings (SSSR count). The topological polar surface area (TPSA) is 74.2 Å². The van der Waals surface area contributed by atoms with Gasteiger partial charge in [-0.25, -0.2) is 0 Å². The minimum atomic E-state index is -2.86. The van der Waals surface area contributed by atoms with Crippen LogP contribution in [0.5, 0.6) is 0 Å². The van der Waals surface area contributed by atoms with Crippen molar-refractivity contribution < 1.29 is 9.16 Å². The van der Waals surface area contributed by atoms with Crippen LogP contribution >= 0.6 is 11.6 Å². The fraction of sp³-hybridized carbons (Fsp3) is 0.394. The van der Waals surface area contributed by atoms with E-state index in [9.17, 15) is 5.26 Å². The van der Waals surface area contributed by atoms with E-state index in [1.54, 1.807) is 6.20 Å². The number of rotatable bonds is 6. The normalized spacial score (nSPS) is 22.7. The van der Waals surface area contributed by atoms with Crippen molar-refractivity contribution in [3.8, 4) is 6.07 Å². The number of H-pyrrole nitrogens is 1. The molecule has 41 heavy (non-hydrogen) atoms. The standard InChI is InChI=1S/C33H37ClN4O2Si/c1-32(2,3)41(26-10-6-4-7-11-26,27-12-8-5-9-13-27)40-31-21-39-23-33(31,22-35)38-16-14-24(15-17-38)28-19-30-25(18-29(28)34)20-36-37-30/h4-13,18-20,24,31H,14-17,21,23H2,1-3H3,(H,36,37). The number of nitriles is 1. The number of benzene rings is 3. The molecule has 0 aliphatic carbocycles. The van der Waals surface area contributed by atoms with Gasteiger partial charge in [0.2, 0.25) is 0 Å². The van der Waals surface area contributed by atoms with E-state index in [0.29, 0.717) is 19.1 Å². The van der Waals surface area contributed by atoms with Gasteiger partial charge >= 0.3 is 0 Å². The van der Waals surface area contributed by atoms with Gasteiger partial charge in [-0.1, -0.05) is 93.0 Å². The van der Waals surface area contributed by atoms with Crippen LogP contribution in [0.1, 0.15) is 45.1 Å². The molecule has 0 saturated carbocycles. The minimum absolute atomic E-state index is 0.186. The van der Waals surface area contributed by atoms with Crippen LogP contribution in [0.4, 0.5) is 0 Å². The smallest absolute Gasteiger partial charge is 0.261 e. The third-order valence-electron chi connectivity index (χ3n) is 9.11. The van der Waals surface area contributed by atoms with Crippen LogP contribution in [0.3, 0.4) is 0 Å². The van der Waals surface area contributed by atoms with Gasteiger partial charge in [-0.3, -0.25) is 10.00 Å². The van der Waals surface area contributed by atoms with E-state index < -0.39 is 13.9 Å². The molecule has 0 spiro atoms. The molecule has 3 aromatic carbocycles. The first-order valence-electron chi connectivity index (χ1n) is 14.4. The minimum Gasteiger partial charge on any atom is -0.399 e. The highest BCUT2D eigenvalue weighted by Crippen LogP contribution is 2.43. The monoisotopic (exact) mass is 584 g/mol. The summed E-state index contributed by atoms with van der Waals surface area (Å²) in [5.74, 6) is 0.320. The summed E-state index contributed by atoms with van der Waals surface area (Å²) < 4.78 is 13.6. The van der Waals surface area contributed by atoms with Crippen LogP contribution in [0.25, 0.3) is 10.9 Å². The molecular weight excluding hydrogens is 548 g/mol. The van der Waals surface area contributed by atoms with Crippen LogP contribution in [0.2, 0.25) is 10.1 Å². The molecule has 2 atom stereocenters. The zero-order valence-electron chi connectivity index (χ0n) is 23.9. The summed E-state index contributed by atoms with van der Waals surface area (Å²) in [5.41, 5.74) is 1.30. The number of nitrogens with one attached hydrogen (secondary N) is 1. The fourth-order valence-electron chi connectivity index (χ4n) is 6.94. The lowest BCUT2D eigenvalue weighted by Gasteiger charge is -2.49. The molecule has 4 aromatic rings. The van der Waals surface area contributed by atoms with Gasteiger partial charge in [-0.2, -0.15) is 10.4 Å². The molecule has 8 heteroatoms. The van der Waals surface area contributed by atoms with Crippen LogP contribution < -0.4 is 10.4 Å². The quantitative estimate of drug-likeness (QED) is 0.297. The van der Waals surface area contributed by atoms with E-state index in [-0.39, 0.29) is 11.1 Å². The van der Waals surface area contributed by atoms with Gasteiger partial charge in [0, 0.05) is 23.5 Å². The lowest BCUT2D eigenvalue weighted by molar-refractivity contribution is 0.0299. The Morgan fingerprint density at radius 3 is 2.27 bits per heavy atom. The Hall–Kier alpha value is -2.99. The first kappa shape index (κ1) is 28.1. The SMILES string of the molecule is CC(C)(C)[Si](OC1COCC1(C#N)N1CCC(c2cc3[nH]ncc3cc2Cl)CC1)(c1ccccc1)c1ccccc1. The zero-order chi connectivity index (χ0) is 28.7. The number of hydrogen-bond acceptors (Lipinski definition) is 5. The number of hydrogen-bond donors (Lipinski definition) is 1. The van der Waals surface area contributed by atoms with Crippen molar-refractivity contribution in [3.63, 3.8) is 0 Å². The van der Waals surface area contributed by atoms with Gasteiger partial charge < -0.3 is 9.16 Å². The Labute approximate surface area is 248 Å². The molecule has 1 N–H and O–H groups in total. The second-order valence-corrected chi connectivity index (χ2v) is 17.1. The predicted molar refractivity (Wildman–Crippen MR) is 166 cm³/mol. The Bertz CT molecular complexity index is 1500. The Kier molecular flexibility index (Phi) is 7.56. The third-order valence-corrected chi connectivity index (χ3v) is 14.5. The number of piperidine rings is 1. The molecule has 2 unspecified atom stereocenters. The van der Waals surface area contributed by atoms with E-state index in [4.69, 9.17) is 20.8 Å². The van der Waals surface area contributed by atoms with Gasteiger partial charge in [0.1, 0.15) is 6.10 Å². The van der Waals surface area contributed by atoms with Crippen molar-refractivity contribution in [2.75, 3.05) is 26.3 Å². The summed E-state index contributed by atoms with van der Waals surface area (Å²) in [6.07, 6.45) is 3.25. The second-order valence-electron chi connectivity index (χ2n) is 12.4. The highest BCUT2D eigenvalue weighted by atomic mass is 35.5. The maximum Gasteiger partial charge on any atom is 0.261 e. The molecule has 1 aromatic heterocycles. The largest absolute Gasteiger partial charge is 0.399 e. The highest BCUT2D eigenvalue weighted by Gasteiger charge is 2.58. The summed E-state index contributed by atoms with van der Waals surface area (Å²) in [6.45, 7) is 9.12. The Balaban J connectivity index is 1.32. The number of aromatic nitrogens is 2. The summed E-state index contributed by atoms with van der Waals surface area (Å²) in [7, 11) is -2.86. The van der Waals surface area contributed by atoms with Crippen molar-refractivity contribution in [1.82, 2.24) is 15.1 Å². The van der Waals surface area contributed by atoms with Gasteiger partial charge in [-0.05, 0) is 51.9 Å². The van der Waals surface area contributed by atoms with Crippen molar-refractivity contribution in [2.24, 2.45) is 0 Å². The molecule has 212 valence electrons. The zero-order valence-corrected chi connectivity index (χ0v) is 25.7. The number of ether oxygens (including phenoxy) is 1. The molecule has 2 aliphatic heterocycles. The molecule has 0 amide bonds. The van der Waals surface area contributed by atoms with Gasteiger partial charge in [0.15, 0.2) is 5.54 Å². The number of halogens is 1. The van der Waals surface area contributed by atoms with E-state index >= 15 is 0 Å². The van der Waals surface area contributed by atoms with E-state index in [0.717, 1.165) is 47.4 Å². The van der Waals surface area contributed by atoms with Crippen molar-refractivity contribution >= 4 is 41.2 Å². The van der Waals surface area contributed by atoms with Crippen LogP contribution in [-0.4, -0.2) is 61.4 Å². The molecule has 2 saturated heterocycles. The maximum atomic E-state index is 10.8. The third kappa shape index (κ3) is 4.82. The first-order chi connectivity index (χ1) is 19.8. The fourth-order valence-corrected chi connectivity index (χ4v) is 12.0. The lowest BCUT2D eigenvalue weighted by atomic mass is 9.85. The van der Waals surface area contributed by atoms with Crippen LogP contribution in [0.15, 0.2) is 79.0 Å². The second kappa shape index (κ2) is 11.0. The van der Waals surface area contributed by atoms with E-state index in [1.165, 1.54) is 10.4 Å². The number of nitrogens with zero attached hydrogens (tertiary/aromatic N) is 3. The Morgan fingerprint density at radius 1 is 1.05 bits per heavy atom. The summed E-state index contributed by atoms with van der Waals surface area (Å²) in [5, 5.41) is 22.1. The molecule has 2 aliphatic rings. The van der Waals surface area contributed by atoms with Crippen molar-refractivity contribution in [2.45, 2.75) is 56.2 Å². The molecule has 2 fully saturated rings. The average Bonchev–Trinajstić information content (AvgIpc) is 3.62. The van der Waals surface area contributed by atoms with Gasteiger partial charge in [-0.15, -0.1) is 0 Å². The molecule has 3 heterocycles. The van der Waals surface area contributed by atoms with Crippen LogP contribution in [0, 0.1) is 11.3 Å². The van der Waals surface area contributed by atoms with Crippen molar-refractivity contribution in [3.05, 3.63) is 89.6 Å². The maximum absolute atomic E-state index is 10.8. The number of aromatic amines is 1. The van der Waals surface area contributed by atoms with E-state index in [2.05, 4.69) is 109 Å². The number of likely N-dealkylation sites (tertiary alicyclic amines) is 1. The molecular formula is C33H37ClN4O2Si. The van der Waals surface area contributed by atoms with Crippen molar-refractivity contribution in [1.29, 1.82) is 5.26 Å². The van der Waals surface area contributed by atoms with E-state index in [1.807, 2.05) is 6.07 Å². The first-order valence-corrected chi connectivity index (χ1v) is 16.7. The average molecular weight is 585 g/mol. The summed E-state index contributed by atoms with van der Waals surface area (Å²) in [4.78, 5) is 2.32. The highest BCUT2D eigenvalue weighted by molar-refractivity contribution is 6.99. The Morgan fingerprint density at radius 2 is 1.68 bits per heavy atom.